The van der Waals surface area contributed by atoms with E-state index in [-0.39, 0.29) is 0 Å². The first-order valence-corrected chi connectivity index (χ1v) is 4.29. The molecule has 1 rings (SSSR count). The molecule has 68 valence electrons. The molecule has 0 bridgehead atoms. The van der Waals surface area contributed by atoms with Gasteiger partial charge < -0.3 is 10.1 Å². The molecule has 1 aliphatic heterocycles. The number of hydrogen-bond donors (Lipinski definition) is 1. The normalized spacial score (nSPS) is 25.2. The van der Waals surface area contributed by atoms with Crippen LogP contribution < -0.4 is 5.32 Å². The van der Waals surface area contributed by atoms with Crippen molar-refractivity contribution in [1.29, 1.82) is 0 Å². The first kappa shape index (κ1) is 9.53. The van der Waals surface area contributed by atoms with Gasteiger partial charge in [-0.25, -0.2) is 0 Å². The van der Waals surface area contributed by atoms with Gasteiger partial charge in [-0.3, -0.25) is 4.90 Å². The maximum atomic E-state index is 5.52. The molecule has 1 N–H and O–H groups in total. The lowest BCUT2D eigenvalue weighted by molar-refractivity contribution is -0.0216. The van der Waals surface area contributed by atoms with E-state index in [1.807, 2.05) is 7.05 Å². The Hall–Kier alpha value is -0.560. The molecule has 0 radical (unpaired) electrons. The molecule has 3 heteroatoms. The van der Waals surface area contributed by atoms with Crippen molar-refractivity contribution in [3.63, 3.8) is 0 Å². The van der Waals surface area contributed by atoms with Crippen LogP contribution in [0.25, 0.3) is 0 Å². The van der Waals surface area contributed by atoms with Gasteiger partial charge >= 0.3 is 0 Å². The fourth-order valence-electron chi connectivity index (χ4n) is 1.40. The summed E-state index contributed by atoms with van der Waals surface area (Å²) in [7, 11) is 1.93. The summed E-state index contributed by atoms with van der Waals surface area (Å²) in [5.74, 6) is 2.65. The van der Waals surface area contributed by atoms with Gasteiger partial charge in [-0.2, -0.15) is 0 Å². The van der Waals surface area contributed by atoms with Crippen LogP contribution in [0.3, 0.4) is 0 Å². The van der Waals surface area contributed by atoms with E-state index >= 15 is 0 Å². The van der Waals surface area contributed by atoms with Crippen molar-refractivity contribution in [2.75, 3.05) is 39.8 Å². The van der Waals surface area contributed by atoms with E-state index in [1.54, 1.807) is 0 Å². The number of rotatable bonds is 3. The van der Waals surface area contributed by atoms with Crippen molar-refractivity contribution >= 4 is 0 Å². The summed E-state index contributed by atoms with van der Waals surface area (Å²) in [4.78, 5) is 2.24. The molecule has 0 saturated carbocycles. The van der Waals surface area contributed by atoms with E-state index in [0.717, 1.165) is 32.8 Å². The Kier molecular flexibility index (Phi) is 4.09. The minimum Gasteiger partial charge on any atom is -0.374 e. The Morgan fingerprint density at radius 2 is 2.58 bits per heavy atom. The lowest BCUT2D eigenvalue weighted by Crippen LogP contribution is -2.46. The van der Waals surface area contributed by atoms with Crippen LogP contribution in [0.1, 0.15) is 0 Å². The van der Waals surface area contributed by atoms with Gasteiger partial charge in [0.25, 0.3) is 0 Å². The highest BCUT2D eigenvalue weighted by Gasteiger charge is 2.18. The number of nitrogens with one attached hydrogen (secondary N) is 1. The molecule has 1 heterocycles. The van der Waals surface area contributed by atoms with Crippen LogP contribution >= 0.6 is 0 Å². The van der Waals surface area contributed by atoms with E-state index in [1.165, 1.54) is 0 Å². The number of likely N-dealkylation sites (N-methyl/N-ethyl adjacent to an activating group) is 1. The molecule has 1 atom stereocenters. The second kappa shape index (κ2) is 5.15. The Bertz CT molecular complexity index is 162. The summed E-state index contributed by atoms with van der Waals surface area (Å²) >= 11 is 0. The number of hydrogen-bond acceptors (Lipinski definition) is 3. The molecule has 3 nitrogen and oxygen atoms in total. The highest BCUT2D eigenvalue weighted by Crippen LogP contribution is 2.02. The Morgan fingerprint density at radius 1 is 1.75 bits per heavy atom. The number of morpholine rings is 1. The minimum atomic E-state index is 0.303. The van der Waals surface area contributed by atoms with Gasteiger partial charge in [0.1, 0.15) is 0 Å². The van der Waals surface area contributed by atoms with Gasteiger partial charge in [-0.05, 0) is 7.05 Å². The zero-order valence-corrected chi connectivity index (χ0v) is 7.55. The second-order valence-corrected chi connectivity index (χ2v) is 2.99. The van der Waals surface area contributed by atoms with E-state index in [0.29, 0.717) is 6.10 Å². The molecule has 1 saturated heterocycles. The van der Waals surface area contributed by atoms with Crippen LogP contribution in [0.4, 0.5) is 0 Å². The Balaban J connectivity index is 2.26. The predicted molar refractivity (Wildman–Crippen MR) is 48.9 cm³/mol. The second-order valence-electron chi connectivity index (χ2n) is 2.99. The lowest BCUT2D eigenvalue weighted by Gasteiger charge is -2.31. The molecule has 1 aliphatic rings. The van der Waals surface area contributed by atoms with Crippen LogP contribution in [0.5, 0.6) is 0 Å². The monoisotopic (exact) mass is 168 g/mol. The molecule has 0 aliphatic carbocycles. The number of nitrogens with zero attached hydrogens (tertiary/aromatic N) is 1. The largest absolute Gasteiger partial charge is 0.374 e. The zero-order valence-electron chi connectivity index (χ0n) is 7.55. The van der Waals surface area contributed by atoms with Crippen molar-refractivity contribution in [3.05, 3.63) is 0 Å². The maximum absolute atomic E-state index is 5.52. The summed E-state index contributed by atoms with van der Waals surface area (Å²) in [5.41, 5.74) is 0. The van der Waals surface area contributed by atoms with Crippen LogP contribution in [-0.2, 0) is 4.74 Å². The minimum absolute atomic E-state index is 0.303. The Labute approximate surface area is 74.1 Å². The molecule has 0 aromatic heterocycles. The molecular formula is C9H16N2O. The number of terminal acetylenes is 1. The van der Waals surface area contributed by atoms with Gasteiger partial charge in [-0.15, -0.1) is 6.42 Å². The average molecular weight is 168 g/mol. The number of ether oxygens (including phenoxy) is 1. The van der Waals surface area contributed by atoms with Crippen LogP contribution in [0.2, 0.25) is 0 Å². The lowest BCUT2D eigenvalue weighted by atomic mass is 10.2. The fourth-order valence-corrected chi connectivity index (χ4v) is 1.40. The summed E-state index contributed by atoms with van der Waals surface area (Å²) in [6.45, 7) is 4.36. The van der Waals surface area contributed by atoms with Crippen molar-refractivity contribution in [2.45, 2.75) is 6.10 Å². The van der Waals surface area contributed by atoms with Gasteiger partial charge in [0, 0.05) is 19.6 Å². The van der Waals surface area contributed by atoms with Crippen molar-refractivity contribution in [1.82, 2.24) is 10.2 Å². The maximum Gasteiger partial charge on any atom is 0.0826 e. The highest BCUT2D eigenvalue weighted by atomic mass is 16.5. The zero-order chi connectivity index (χ0) is 8.81. The molecular weight excluding hydrogens is 152 g/mol. The van der Waals surface area contributed by atoms with Crippen molar-refractivity contribution in [3.8, 4) is 12.3 Å². The molecule has 12 heavy (non-hydrogen) atoms. The highest BCUT2D eigenvalue weighted by molar-refractivity contribution is 4.89. The van der Waals surface area contributed by atoms with Gasteiger partial charge in [0.15, 0.2) is 0 Å². The van der Waals surface area contributed by atoms with Gasteiger partial charge in [0.2, 0.25) is 0 Å². The first-order valence-electron chi connectivity index (χ1n) is 4.29. The molecule has 0 aromatic carbocycles. The topological polar surface area (TPSA) is 24.5 Å². The molecule has 0 aromatic rings. The smallest absolute Gasteiger partial charge is 0.0826 e. The molecule has 0 amide bonds. The molecule has 1 fully saturated rings. The van der Waals surface area contributed by atoms with Crippen LogP contribution in [0.15, 0.2) is 0 Å². The van der Waals surface area contributed by atoms with Gasteiger partial charge in [0.05, 0.1) is 19.3 Å². The fraction of sp³-hybridized carbons (Fsp3) is 0.778. The molecule has 0 spiro atoms. The average Bonchev–Trinajstić information content (AvgIpc) is 2.06. The third-order valence-electron chi connectivity index (χ3n) is 1.97. The summed E-state index contributed by atoms with van der Waals surface area (Å²) in [5, 5.41) is 3.10. The van der Waals surface area contributed by atoms with E-state index in [2.05, 4.69) is 16.1 Å². The SMILES string of the molecule is C#CCN1CCOC(CNC)C1. The van der Waals surface area contributed by atoms with E-state index in [4.69, 9.17) is 11.2 Å². The van der Waals surface area contributed by atoms with Crippen molar-refractivity contribution < 1.29 is 4.74 Å². The third kappa shape index (κ3) is 2.82. The van der Waals surface area contributed by atoms with E-state index in [9.17, 15) is 0 Å². The quantitative estimate of drug-likeness (QED) is 0.577. The molecule has 1 unspecified atom stereocenters. The van der Waals surface area contributed by atoms with Gasteiger partial charge in [-0.1, -0.05) is 5.92 Å². The summed E-state index contributed by atoms with van der Waals surface area (Å²) < 4.78 is 5.52. The first-order chi connectivity index (χ1) is 5.86. The van der Waals surface area contributed by atoms with Crippen molar-refractivity contribution in [2.24, 2.45) is 0 Å². The Morgan fingerprint density at radius 3 is 3.25 bits per heavy atom. The van der Waals surface area contributed by atoms with Crippen LogP contribution in [-0.4, -0.2) is 50.8 Å². The summed E-state index contributed by atoms with van der Waals surface area (Å²) in [6.07, 6.45) is 5.53. The summed E-state index contributed by atoms with van der Waals surface area (Å²) in [6, 6.07) is 0. The van der Waals surface area contributed by atoms with E-state index < -0.39 is 0 Å². The third-order valence-corrected chi connectivity index (χ3v) is 1.97. The van der Waals surface area contributed by atoms with Crippen LogP contribution in [0, 0.1) is 12.3 Å². The predicted octanol–water partition coefficient (Wildman–Crippen LogP) is -0.460. The standard InChI is InChI=1S/C9H16N2O/c1-3-4-11-5-6-12-9(8-11)7-10-2/h1,9-10H,4-8H2,2H3.